The number of carboxylic acid groups (broad SMARTS) is 1. The maximum Gasteiger partial charge on any atom is 0.337 e. The minimum Gasteiger partial charge on any atom is -0.478 e. The number of aromatic carboxylic acids is 1. The lowest BCUT2D eigenvalue weighted by atomic mass is 10.1. The van der Waals surface area contributed by atoms with Gasteiger partial charge in [0.1, 0.15) is 5.65 Å². The van der Waals surface area contributed by atoms with E-state index < -0.39 is 5.97 Å². The van der Waals surface area contributed by atoms with Crippen molar-refractivity contribution in [3.05, 3.63) is 58.9 Å². The molecule has 0 radical (unpaired) electrons. The number of rotatable bonds is 2. The van der Waals surface area contributed by atoms with E-state index in [0.29, 0.717) is 10.7 Å². The molecule has 0 saturated carbocycles. The largest absolute Gasteiger partial charge is 0.478 e. The van der Waals surface area contributed by atoms with Crippen LogP contribution in [0, 0.1) is 6.92 Å². The van der Waals surface area contributed by atoms with Gasteiger partial charge in [0, 0.05) is 23.0 Å². The van der Waals surface area contributed by atoms with Crippen LogP contribution in [0.25, 0.3) is 16.9 Å². The summed E-state index contributed by atoms with van der Waals surface area (Å²) in [6.07, 6.45) is 3.36. The number of fused-ring (bicyclic) bond motifs is 1. The average Bonchev–Trinajstić information content (AvgIpc) is 2.84. The lowest BCUT2D eigenvalue weighted by Gasteiger charge is -2.00. The number of carboxylic acids is 1. The maximum absolute atomic E-state index is 11.0. The van der Waals surface area contributed by atoms with E-state index in [2.05, 4.69) is 4.98 Å². The summed E-state index contributed by atoms with van der Waals surface area (Å²) in [6.45, 7) is 1.93. The van der Waals surface area contributed by atoms with Crippen molar-refractivity contribution in [1.29, 1.82) is 0 Å². The summed E-state index contributed by atoms with van der Waals surface area (Å²) in [6, 6.07) is 8.92. The van der Waals surface area contributed by atoms with E-state index in [0.717, 1.165) is 16.8 Å². The Labute approximate surface area is 120 Å². The molecule has 0 bridgehead atoms. The average molecular weight is 287 g/mol. The second-order valence-electron chi connectivity index (χ2n) is 4.58. The normalized spacial score (nSPS) is 10.9. The van der Waals surface area contributed by atoms with Crippen molar-refractivity contribution >= 4 is 23.2 Å². The molecular formula is C15H11ClN2O2. The van der Waals surface area contributed by atoms with Crippen molar-refractivity contribution < 1.29 is 9.90 Å². The first-order valence-corrected chi connectivity index (χ1v) is 6.41. The third-order valence-corrected chi connectivity index (χ3v) is 3.58. The van der Waals surface area contributed by atoms with Gasteiger partial charge >= 0.3 is 5.97 Å². The van der Waals surface area contributed by atoms with E-state index in [1.165, 1.54) is 0 Å². The zero-order chi connectivity index (χ0) is 14.3. The third kappa shape index (κ3) is 2.14. The molecule has 3 rings (SSSR count). The van der Waals surface area contributed by atoms with E-state index in [4.69, 9.17) is 16.7 Å². The van der Waals surface area contributed by atoms with Gasteiger partial charge in [-0.15, -0.1) is 0 Å². The van der Waals surface area contributed by atoms with Crippen LogP contribution in [0.2, 0.25) is 5.02 Å². The number of hydrogen-bond acceptors (Lipinski definition) is 2. The fourth-order valence-electron chi connectivity index (χ4n) is 2.06. The smallest absolute Gasteiger partial charge is 0.337 e. The Bertz CT molecular complexity index is 824. The Morgan fingerprint density at radius 3 is 2.75 bits per heavy atom. The summed E-state index contributed by atoms with van der Waals surface area (Å²) in [5.74, 6) is -0.954. The van der Waals surface area contributed by atoms with Crippen LogP contribution in [-0.4, -0.2) is 20.5 Å². The molecule has 0 fully saturated rings. The molecule has 0 aliphatic heterocycles. The maximum atomic E-state index is 11.0. The van der Waals surface area contributed by atoms with Crippen LogP contribution in [-0.2, 0) is 0 Å². The molecule has 0 unspecified atom stereocenters. The number of nitrogens with zero attached hydrogens (tertiary/aromatic N) is 2. The Hall–Kier alpha value is -2.33. The van der Waals surface area contributed by atoms with Crippen molar-refractivity contribution in [3.8, 4) is 11.3 Å². The lowest BCUT2D eigenvalue weighted by molar-refractivity contribution is 0.0696. The van der Waals surface area contributed by atoms with Crippen LogP contribution >= 0.6 is 11.6 Å². The Kier molecular flexibility index (Phi) is 2.95. The first-order valence-electron chi connectivity index (χ1n) is 6.03. The topological polar surface area (TPSA) is 54.6 Å². The fraction of sp³-hybridized carbons (Fsp3) is 0.0667. The molecular weight excluding hydrogens is 276 g/mol. The van der Waals surface area contributed by atoms with Crippen molar-refractivity contribution in [3.63, 3.8) is 0 Å². The van der Waals surface area contributed by atoms with Gasteiger partial charge in [-0.25, -0.2) is 9.78 Å². The Balaban J connectivity index is 2.12. The highest BCUT2D eigenvalue weighted by Crippen LogP contribution is 2.24. The summed E-state index contributed by atoms with van der Waals surface area (Å²) >= 11 is 6.01. The minimum absolute atomic E-state index is 0.230. The number of halogens is 1. The fourth-order valence-corrected chi connectivity index (χ4v) is 2.18. The summed E-state index contributed by atoms with van der Waals surface area (Å²) in [7, 11) is 0. The summed E-state index contributed by atoms with van der Waals surface area (Å²) < 4.78 is 1.71. The quantitative estimate of drug-likeness (QED) is 0.782. The number of carbonyl (C=O) groups is 1. The molecule has 0 saturated heterocycles. The van der Waals surface area contributed by atoms with Crippen LogP contribution in [0.5, 0.6) is 0 Å². The highest BCUT2D eigenvalue weighted by Gasteiger charge is 2.08. The molecule has 0 spiro atoms. The minimum atomic E-state index is -0.954. The van der Waals surface area contributed by atoms with Gasteiger partial charge in [-0.3, -0.25) is 0 Å². The number of benzene rings is 1. The molecule has 100 valence electrons. The van der Waals surface area contributed by atoms with Gasteiger partial charge in [-0.2, -0.15) is 0 Å². The molecule has 5 heteroatoms. The van der Waals surface area contributed by atoms with Gasteiger partial charge in [0.15, 0.2) is 0 Å². The van der Waals surface area contributed by atoms with E-state index in [1.807, 2.05) is 31.3 Å². The van der Waals surface area contributed by atoms with Crippen LogP contribution in [0.15, 0.2) is 42.7 Å². The third-order valence-electron chi connectivity index (χ3n) is 3.15. The van der Waals surface area contributed by atoms with Crippen LogP contribution in [0.4, 0.5) is 0 Å². The highest BCUT2D eigenvalue weighted by molar-refractivity contribution is 6.31. The Morgan fingerprint density at radius 1 is 1.25 bits per heavy atom. The van der Waals surface area contributed by atoms with Gasteiger partial charge in [-0.05, 0) is 36.8 Å². The SMILES string of the molecule is Cc1cc(-c2cn3cc(C(=O)O)ccc3n2)ccc1Cl. The second-order valence-corrected chi connectivity index (χ2v) is 4.99. The molecule has 2 aromatic heterocycles. The summed E-state index contributed by atoms with van der Waals surface area (Å²) in [5.41, 5.74) is 3.65. The van der Waals surface area contributed by atoms with E-state index in [9.17, 15) is 4.79 Å². The number of aromatic nitrogens is 2. The molecule has 0 aliphatic rings. The Morgan fingerprint density at radius 2 is 2.05 bits per heavy atom. The zero-order valence-electron chi connectivity index (χ0n) is 10.7. The molecule has 0 amide bonds. The first-order chi connectivity index (χ1) is 9.54. The number of aryl methyl sites for hydroxylation is 1. The van der Waals surface area contributed by atoms with Gasteiger partial charge in [-0.1, -0.05) is 17.7 Å². The number of pyridine rings is 1. The second kappa shape index (κ2) is 4.65. The van der Waals surface area contributed by atoms with E-state index >= 15 is 0 Å². The van der Waals surface area contributed by atoms with Crippen LogP contribution in [0.1, 0.15) is 15.9 Å². The summed E-state index contributed by atoms with van der Waals surface area (Å²) in [5, 5.41) is 9.70. The first kappa shape index (κ1) is 12.7. The van der Waals surface area contributed by atoms with Gasteiger partial charge in [0.25, 0.3) is 0 Å². The van der Waals surface area contributed by atoms with E-state index in [1.54, 1.807) is 22.7 Å². The van der Waals surface area contributed by atoms with Crippen molar-refractivity contribution in [2.75, 3.05) is 0 Å². The summed E-state index contributed by atoms with van der Waals surface area (Å²) in [4.78, 5) is 15.4. The van der Waals surface area contributed by atoms with Crippen molar-refractivity contribution in [2.45, 2.75) is 6.92 Å². The molecule has 1 N–H and O–H groups in total. The number of hydrogen-bond donors (Lipinski definition) is 1. The van der Waals surface area contributed by atoms with Crippen LogP contribution in [0.3, 0.4) is 0 Å². The predicted octanol–water partition coefficient (Wildman–Crippen LogP) is 3.66. The lowest BCUT2D eigenvalue weighted by Crippen LogP contribution is -1.97. The van der Waals surface area contributed by atoms with Gasteiger partial charge < -0.3 is 9.51 Å². The zero-order valence-corrected chi connectivity index (χ0v) is 11.4. The molecule has 4 nitrogen and oxygen atoms in total. The standard InChI is InChI=1S/C15H11ClN2O2/c1-9-6-10(2-4-12(9)16)13-8-18-7-11(15(19)20)3-5-14(18)17-13/h2-8H,1H3,(H,19,20). The molecule has 20 heavy (non-hydrogen) atoms. The van der Waals surface area contributed by atoms with Crippen molar-refractivity contribution in [1.82, 2.24) is 9.38 Å². The van der Waals surface area contributed by atoms with E-state index in [-0.39, 0.29) is 5.56 Å². The van der Waals surface area contributed by atoms with Gasteiger partial charge in [0.2, 0.25) is 0 Å². The van der Waals surface area contributed by atoms with Crippen molar-refractivity contribution in [2.24, 2.45) is 0 Å². The monoisotopic (exact) mass is 286 g/mol. The molecule has 0 atom stereocenters. The molecule has 3 aromatic rings. The predicted molar refractivity (Wildman–Crippen MR) is 77.3 cm³/mol. The molecule has 2 heterocycles. The molecule has 0 aliphatic carbocycles. The highest BCUT2D eigenvalue weighted by atomic mass is 35.5. The van der Waals surface area contributed by atoms with Gasteiger partial charge in [0.05, 0.1) is 11.3 Å². The number of imidazole rings is 1. The molecule has 1 aromatic carbocycles. The van der Waals surface area contributed by atoms with Crippen LogP contribution < -0.4 is 0 Å².